The Bertz CT molecular complexity index is 1110. The minimum Gasteiger partial charge on any atom is -0.345 e. The molecule has 1 atom stereocenters. The summed E-state index contributed by atoms with van der Waals surface area (Å²) in [4.78, 5) is 26.6. The van der Waals surface area contributed by atoms with Gasteiger partial charge in [0.25, 0.3) is 5.91 Å². The van der Waals surface area contributed by atoms with Crippen molar-refractivity contribution in [2.75, 3.05) is 0 Å². The zero-order chi connectivity index (χ0) is 20.7. The fourth-order valence-electron chi connectivity index (χ4n) is 4.77. The summed E-state index contributed by atoms with van der Waals surface area (Å²) in [6.07, 6.45) is 10.5. The third kappa shape index (κ3) is 3.60. The number of nitrogens with one attached hydrogen (secondary N) is 1. The number of nitrogens with zero attached hydrogens (tertiary/aromatic N) is 3. The number of rotatable bonds is 3. The van der Waals surface area contributed by atoms with Crippen LogP contribution in [0.1, 0.15) is 65.5 Å². The molecule has 1 N–H and O–H groups in total. The van der Waals surface area contributed by atoms with Crippen LogP contribution in [0.15, 0.2) is 48.9 Å². The number of benzene rings is 1. The van der Waals surface area contributed by atoms with E-state index < -0.39 is 0 Å². The summed E-state index contributed by atoms with van der Waals surface area (Å²) >= 11 is 0. The minimum absolute atomic E-state index is 0.0171. The van der Waals surface area contributed by atoms with Crippen molar-refractivity contribution in [3.63, 3.8) is 0 Å². The average Bonchev–Trinajstić information content (AvgIpc) is 3.21. The van der Waals surface area contributed by atoms with Crippen LogP contribution in [0.3, 0.4) is 0 Å². The molecule has 152 valence electrons. The number of carbonyl (C=O) groups is 1. The van der Waals surface area contributed by atoms with E-state index in [-0.39, 0.29) is 17.4 Å². The van der Waals surface area contributed by atoms with Crippen molar-refractivity contribution in [2.24, 2.45) is 5.41 Å². The van der Waals surface area contributed by atoms with Crippen LogP contribution in [0.5, 0.6) is 0 Å². The van der Waals surface area contributed by atoms with E-state index in [1.807, 2.05) is 24.4 Å². The van der Waals surface area contributed by atoms with Crippen LogP contribution in [0.2, 0.25) is 0 Å². The second-order valence-electron chi connectivity index (χ2n) is 9.24. The zero-order valence-electron chi connectivity index (χ0n) is 17.5. The maximum absolute atomic E-state index is 13.1. The second-order valence-corrected chi connectivity index (χ2v) is 9.24. The quantitative estimate of drug-likeness (QED) is 0.707. The molecule has 3 aromatic rings. The van der Waals surface area contributed by atoms with Gasteiger partial charge in [0.2, 0.25) is 0 Å². The van der Waals surface area contributed by atoms with Crippen molar-refractivity contribution < 1.29 is 4.79 Å². The first-order chi connectivity index (χ1) is 14.5. The molecule has 0 saturated carbocycles. The Morgan fingerprint density at radius 2 is 1.90 bits per heavy atom. The molecule has 30 heavy (non-hydrogen) atoms. The van der Waals surface area contributed by atoms with Gasteiger partial charge in [-0.1, -0.05) is 19.9 Å². The van der Waals surface area contributed by atoms with Gasteiger partial charge in [-0.3, -0.25) is 9.78 Å². The lowest BCUT2D eigenvalue weighted by molar-refractivity contribution is 0.0919. The van der Waals surface area contributed by atoms with Crippen molar-refractivity contribution in [2.45, 2.75) is 52.0 Å². The summed E-state index contributed by atoms with van der Waals surface area (Å²) in [6.45, 7) is 4.47. The van der Waals surface area contributed by atoms with Crippen LogP contribution in [-0.4, -0.2) is 20.9 Å². The predicted molar refractivity (Wildman–Crippen MR) is 116 cm³/mol. The number of amides is 1. The number of carbonyl (C=O) groups excluding carboxylic acids is 1. The predicted octanol–water partition coefficient (Wildman–Crippen LogP) is 4.47. The molecule has 0 fully saturated rings. The van der Waals surface area contributed by atoms with E-state index >= 15 is 0 Å². The van der Waals surface area contributed by atoms with Gasteiger partial charge in [-0.25, -0.2) is 9.97 Å². The third-order valence-corrected chi connectivity index (χ3v) is 6.28. The van der Waals surface area contributed by atoms with Crippen LogP contribution >= 0.6 is 0 Å². The van der Waals surface area contributed by atoms with Gasteiger partial charge in [-0.2, -0.15) is 0 Å². The van der Waals surface area contributed by atoms with Crippen LogP contribution in [0.25, 0.3) is 11.4 Å². The number of fused-ring (bicyclic) bond motifs is 2. The van der Waals surface area contributed by atoms with Crippen molar-refractivity contribution in [1.82, 2.24) is 20.3 Å². The van der Waals surface area contributed by atoms with E-state index in [4.69, 9.17) is 4.98 Å². The smallest absolute Gasteiger partial charge is 0.251 e. The molecule has 0 saturated heterocycles. The summed E-state index contributed by atoms with van der Waals surface area (Å²) < 4.78 is 0. The van der Waals surface area contributed by atoms with Gasteiger partial charge in [0, 0.05) is 35.3 Å². The number of aromatic nitrogens is 3. The number of aryl methyl sites for hydroxylation is 2. The highest BCUT2D eigenvalue weighted by atomic mass is 16.1. The molecule has 0 aliphatic heterocycles. The van der Waals surface area contributed by atoms with Crippen molar-refractivity contribution in [1.29, 1.82) is 0 Å². The summed E-state index contributed by atoms with van der Waals surface area (Å²) in [7, 11) is 0. The Labute approximate surface area is 177 Å². The molecular formula is C25H26N4O. The second kappa shape index (κ2) is 7.31. The average molecular weight is 399 g/mol. The molecule has 1 aromatic carbocycles. The van der Waals surface area contributed by atoms with Crippen LogP contribution in [0, 0.1) is 5.41 Å². The third-order valence-electron chi connectivity index (χ3n) is 6.28. The van der Waals surface area contributed by atoms with Gasteiger partial charge in [0.15, 0.2) is 5.82 Å². The molecule has 0 spiro atoms. The Morgan fingerprint density at radius 1 is 1.10 bits per heavy atom. The molecule has 5 rings (SSSR count). The van der Waals surface area contributed by atoms with Crippen LogP contribution < -0.4 is 5.32 Å². The van der Waals surface area contributed by atoms with Crippen molar-refractivity contribution >= 4 is 5.91 Å². The van der Waals surface area contributed by atoms with Gasteiger partial charge < -0.3 is 5.32 Å². The zero-order valence-corrected chi connectivity index (χ0v) is 17.5. The Hall–Kier alpha value is -3.08. The molecule has 1 amide bonds. The standard InChI is InChI=1S/C25H26N4O/c1-25(2)13-21-20(15-27-23(28-21)17-8-10-26-11-9-17)22(14-25)29-24(30)19-7-6-16-4-3-5-18(16)12-19/h6-12,15,22H,3-5,13-14H2,1-2H3,(H,29,30)/t22-/m1/s1. The van der Waals surface area contributed by atoms with Gasteiger partial charge in [-0.15, -0.1) is 0 Å². The Kier molecular flexibility index (Phi) is 4.61. The summed E-state index contributed by atoms with van der Waals surface area (Å²) in [5.74, 6) is 0.689. The molecule has 2 aliphatic rings. The molecular weight excluding hydrogens is 372 g/mol. The van der Waals surface area contributed by atoms with Gasteiger partial charge >= 0.3 is 0 Å². The monoisotopic (exact) mass is 398 g/mol. The lowest BCUT2D eigenvalue weighted by atomic mass is 9.74. The molecule has 0 unspecified atom stereocenters. The van der Waals surface area contributed by atoms with Crippen LogP contribution in [0.4, 0.5) is 0 Å². The fraction of sp³-hybridized carbons (Fsp3) is 0.360. The highest BCUT2D eigenvalue weighted by molar-refractivity contribution is 5.94. The highest BCUT2D eigenvalue weighted by Gasteiger charge is 2.34. The molecule has 2 heterocycles. The minimum atomic E-state index is -0.0870. The van der Waals surface area contributed by atoms with Crippen LogP contribution in [-0.2, 0) is 19.3 Å². The molecule has 0 bridgehead atoms. The summed E-state index contributed by atoms with van der Waals surface area (Å²) in [5.41, 5.74) is 6.50. The normalized spacial score (nSPS) is 19.1. The van der Waals surface area contributed by atoms with E-state index in [9.17, 15) is 4.79 Å². The first-order valence-electron chi connectivity index (χ1n) is 10.7. The molecule has 5 heteroatoms. The lowest BCUT2D eigenvalue weighted by Gasteiger charge is -2.36. The Balaban J connectivity index is 1.44. The SMILES string of the molecule is CC1(C)Cc2nc(-c3ccncc3)ncc2[C@H](NC(=O)c2ccc3c(c2)CCC3)C1. The van der Waals surface area contributed by atoms with Gasteiger partial charge in [-0.05, 0) is 72.9 Å². The lowest BCUT2D eigenvalue weighted by Crippen LogP contribution is -2.37. The van der Waals surface area contributed by atoms with E-state index in [0.29, 0.717) is 5.82 Å². The van der Waals surface area contributed by atoms with E-state index in [1.54, 1.807) is 12.4 Å². The largest absolute Gasteiger partial charge is 0.345 e. The first-order valence-corrected chi connectivity index (χ1v) is 10.7. The van der Waals surface area contributed by atoms with Gasteiger partial charge in [0.1, 0.15) is 0 Å². The first kappa shape index (κ1) is 18.9. The highest BCUT2D eigenvalue weighted by Crippen LogP contribution is 2.40. The number of pyridine rings is 1. The number of hydrogen-bond donors (Lipinski definition) is 1. The van der Waals surface area contributed by atoms with E-state index in [0.717, 1.165) is 48.1 Å². The number of hydrogen-bond acceptors (Lipinski definition) is 4. The molecule has 2 aromatic heterocycles. The topological polar surface area (TPSA) is 67.8 Å². The van der Waals surface area contributed by atoms with E-state index in [2.05, 4.69) is 41.3 Å². The van der Waals surface area contributed by atoms with Crippen molar-refractivity contribution in [3.8, 4) is 11.4 Å². The molecule has 2 aliphatic carbocycles. The van der Waals surface area contributed by atoms with E-state index in [1.165, 1.54) is 17.5 Å². The molecule has 5 nitrogen and oxygen atoms in total. The maximum Gasteiger partial charge on any atom is 0.251 e. The van der Waals surface area contributed by atoms with Crippen molar-refractivity contribution in [3.05, 3.63) is 76.9 Å². The Morgan fingerprint density at radius 3 is 2.73 bits per heavy atom. The summed E-state index contributed by atoms with van der Waals surface area (Å²) in [5, 5.41) is 3.27. The summed E-state index contributed by atoms with van der Waals surface area (Å²) in [6, 6.07) is 9.88. The fourth-order valence-corrected chi connectivity index (χ4v) is 4.77. The molecule has 0 radical (unpaired) electrons. The van der Waals surface area contributed by atoms with Gasteiger partial charge in [0.05, 0.1) is 11.7 Å². The maximum atomic E-state index is 13.1.